The maximum Gasteiger partial charge on any atom is 0.522 e. The number of primary amides is 1. The lowest BCUT2D eigenvalue weighted by Crippen LogP contribution is -2.36. The average Bonchev–Trinajstić information content (AvgIpc) is 2.69. The van der Waals surface area contributed by atoms with E-state index in [1.165, 1.54) is 0 Å². The largest absolute Gasteiger partial charge is 0.522 e. The molecule has 20 heavy (non-hydrogen) atoms. The van der Waals surface area contributed by atoms with Crippen molar-refractivity contribution in [2.24, 2.45) is 11.7 Å². The number of carbonyl (C=O) groups excluding carboxylic acids is 3. The highest BCUT2D eigenvalue weighted by Crippen LogP contribution is 2.20. The second kappa shape index (κ2) is 6.55. The Morgan fingerprint density at radius 1 is 1.45 bits per heavy atom. The molecule has 2 amide bonds. The third kappa shape index (κ3) is 5.43. The van der Waals surface area contributed by atoms with E-state index in [4.69, 9.17) is 5.73 Å². The maximum atomic E-state index is 11.8. The Morgan fingerprint density at radius 2 is 2.10 bits per heavy atom. The quantitative estimate of drug-likeness (QED) is 0.722. The molecule has 0 saturated carbocycles. The van der Waals surface area contributed by atoms with Crippen molar-refractivity contribution >= 4 is 17.8 Å². The van der Waals surface area contributed by atoms with Crippen LogP contribution >= 0.6 is 0 Å². The van der Waals surface area contributed by atoms with Gasteiger partial charge in [0.05, 0.1) is 0 Å². The lowest BCUT2D eigenvalue weighted by molar-refractivity contribution is -0.321. The molecule has 1 aliphatic rings. The molecule has 1 aliphatic heterocycles. The number of ketones is 1. The highest BCUT2D eigenvalue weighted by molar-refractivity contribution is 5.87. The molecule has 1 fully saturated rings. The molecular formula is C10H13F3N2O5. The minimum absolute atomic E-state index is 0.227. The van der Waals surface area contributed by atoms with Crippen LogP contribution in [0.4, 0.5) is 18.0 Å². The normalized spacial score (nSPS) is 20.4. The second-order valence-electron chi connectivity index (χ2n) is 4.14. The molecule has 0 bridgehead atoms. The summed E-state index contributed by atoms with van der Waals surface area (Å²) in [5.74, 6) is -2.08. The van der Waals surface area contributed by atoms with E-state index in [9.17, 15) is 27.6 Å². The fourth-order valence-corrected chi connectivity index (χ4v) is 1.76. The van der Waals surface area contributed by atoms with Crippen molar-refractivity contribution in [2.45, 2.75) is 25.3 Å². The van der Waals surface area contributed by atoms with Crippen LogP contribution in [0.15, 0.2) is 0 Å². The Kier molecular flexibility index (Phi) is 5.31. The van der Waals surface area contributed by atoms with Crippen molar-refractivity contribution in [2.75, 3.05) is 13.2 Å². The Bertz CT molecular complexity index is 399. The van der Waals surface area contributed by atoms with E-state index < -0.39 is 36.9 Å². The number of nitrogens with two attached hydrogens (primary N) is 1. The van der Waals surface area contributed by atoms with E-state index in [1.54, 1.807) is 0 Å². The zero-order chi connectivity index (χ0) is 15.3. The van der Waals surface area contributed by atoms with Gasteiger partial charge in [-0.15, -0.1) is 13.2 Å². The van der Waals surface area contributed by atoms with Gasteiger partial charge in [0.15, 0.2) is 11.9 Å². The average molecular weight is 298 g/mol. The summed E-state index contributed by atoms with van der Waals surface area (Å²) in [6.45, 7) is -0.921. The fraction of sp³-hybridized carbons (Fsp3) is 0.700. The van der Waals surface area contributed by atoms with Crippen LogP contribution in [0.3, 0.4) is 0 Å². The van der Waals surface area contributed by atoms with E-state index in [1.807, 2.05) is 0 Å². The van der Waals surface area contributed by atoms with Gasteiger partial charge in [0.25, 0.3) is 0 Å². The number of halogens is 3. The van der Waals surface area contributed by atoms with Gasteiger partial charge in [-0.2, -0.15) is 0 Å². The van der Waals surface area contributed by atoms with Crippen LogP contribution < -0.4 is 11.1 Å². The van der Waals surface area contributed by atoms with Gasteiger partial charge in [-0.3, -0.25) is 14.3 Å². The molecule has 1 saturated heterocycles. The smallest absolute Gasteiger partial charge is 0.438 e. The number of rotatable bonds is 6. The van der Waals surface area contributed by atoms with E-state index in [-0.39, 0.29) is 12.3 Å². The number of ether oxygens (including phenoxy) is 2. The first kappa shape index (κ1) is 16.2. The first-order chi connectivity index (χ1) is 9.19. The number of amides is 2. The number of hydrogen-bond acceptors (Lipinski definition) is 5. The number of carbonyl (C=O) groups is 3. The van der Waals surface area contributed by atoms with Crippen LogP contribution in [-0.2, 0) is 19.1 Å². The van der Waals surface area contributed by atoms with Crippen LogP contribution in [0.1, 0.15) is 12.8 Å². The summed E-state index contributed by atoms with van der Waals surface area (Å²) < 4.78 is 43.3. The van der Waals surface area contributed by atoms with Crippen LogP contribution in [0.25, 0.3) is 0 Å². The van der Waals surface area contributed by atoms with E-state index >= 15 is 0 Å². The lowest BCUT2D eigenvalue weighted by Gasteiger charge is -2.18. The van der Waals surface area contributed by atoms with Crippen molar-refractivity contribution in [3.8, 4) is 0 Å². The molecule has 0 aromatic heterocycles. The van der Waals surface area contributed by atoms with Crippen molar-refractivity contribution in [1.82, 2.24) is 5.32 Å². The molecule has 0 aliphatic carbocycles. The number of Topliss-reactive ketones (excluding diaryl/α,β-unsaturated/α-hetero) is 1. The van der Waals surface area contributed by atoms with Gasteiger partial charge in [0.1, 0.15) is 6.61 Å². The van der Waals surface area contributed by atoms with Crippen molar-refractivity contribution in [3.63, 3.8) is 0 Å². The zero-order valence-corrected chi connectivity index (χ0v) is 10.2. The molecule has 7 nitrogen and oxygen atoms in total. The molecule has 0 unspecified atom stereocenters. The van der Waals surface area contributed by atoms with Crippen LogP contribution in [0.2, 0.25) is 0 Å². The Hall–Kier alpha value is -1.84. The van der Waals surface area contributed by atoms with Crippen molar-refractivity contribution < 1.29 is 37.0 Å². The van der Waals surface area contributed by atoms with Gasteiger partial charge in [-0.1, -0.05) is 0 Å². The minimum Gasteiger partial charge on any atom is -0.438 e. The molecule has 0 spiro atoms. The van der Waals surface area contributed by atoms with Gasteiger partial charge in [-0.25, -0.2) is 4.79 Å². The standard InChI is InChI=1S/C10H13F3N2O5/c11-10(12,13)19-4-6(16)7(20-9(14)18)3-5-1-2-15-8(5)17/h5,7H,1-4H2,(H2,14,18)(H,15,17)/t5-,7-/m0/s1. The van der Waals surface area contributed by atoms with E-state index in [2.05, 4.69) is 14.8 Å². The monoisotopic (exact) mass is 298 g/mol. The number of alkyl halides is 3. The topological polar surface area (TPSA) is 108 Å². The van der Waals surface area contributed by atoms with Crippen LogP contribution in [-0.4, -0.2) is 43.4 Å². The van der Waals surface area contributed by atoms with Gasteiger partial charge in [-0.05, 0) is 6.42 Å². The first-order valence-electron chi connectivity index (χ1n) is 5.66. The summed E-state index contributed by atoms with van der Waals surface area (Å²) in [7, 11) is 0. The summed E-state index contributed by atoms with van der Waals surface area (Å²) in [6.07, 6.45) is -7.66. The second-order valence-corrected chi connectivity index (χ2v) is 4.14. The minimum atomic E-state index is -4.97. The number of hydrogen-bond donors (Lipinski definition) is 2. The SMILES string of the molecule is NC(=O)O[C@@H](C[C@@H]1CCNC1=O)C(=O)COC(F)(F)F. The maximum absolute atomic E-state index is 11.8. The van der Waals surface area contributed by atoms with E-state index in [0.717, 1.165) is 0 Å². The van der Waals surface area contributed by atoms with Crippen molar-refractivity contribution in [1.29, 1.82) is 0 Å². The molecule has 114 valence electrons. The lowest BCUT2D eigenvalue weighted by atomic mass is 9.98. The zero-order valence-electron chi connectivity index (χ0n) is 10.2. The molecular weight excluding hydrogens is 285 g/mol. The third-order valence-electron chi connectivity index (χ3n) is 2.66. The highest BCUT2D eigenvalue weighted by atomic mass is 19.4. The molecule has 1 heterocycles. The molecule has 1 rings (SSSR count). The summed E-state index contributed by atoms with van der Waals surface area (Å²) >= 11 is 0. The van der Waals surface area contributed by atoms with Crippen molar-refractivity contribution in [3.05, 3.63) is 0 Å². The summed E-state index contributed by atoms with van der Waals surface area (Å²) in [4.78, 5) is 33.5. The van der Waals surface area contributed by atoms with E-state index in [0.29, 0.717) is 13.0 Å². The predicted octanol–water partition coefficient (Wildman–Crippen LogP) is 0.0820. The molecule has 0 radical (unpaired) electrons. The Balaban J connectivity index is 2.60. The Labute approximate surface area is 111 Å². The predicted molar refractivity (Wildman–Crippen MR) is 57.2 cm³/mol. The molecule has 10 heteroatoms. The first-order valence-corrected chi connectivity index (χ1v) is 5.66. The van der Waals surface area contributed by atoms with Gasteiger partial charge in [0, 0.05) is 18.9 Å². The third-order valence-corrected chi connectivity index (χ3v) is 2.66. The summed E-state index contributed by atoms with van der Waals surface area (Å²) in [5.41, 5.74) is 4.75. The summed E-state index contributed by atoms with van der Waals surface area (Å²) in [5, 5.41) is 2.49. The molecule has 3 N–H and O–H groups in total. The number of nitrogens with one attached hydrogen (secondary N) is 1. The summed E-state index contributed by atoms with van der Waals surface area (Å²) in [6, 6.07) is 0. The fourth-order valence-electron chi connectivity index (χ4n) is 1.76. The molecule has 0 aromatic carbocycles. The van der Waals surface area contributed by atoms with Gasteiger partial charge in [0.2, 0.25) is 5.91 Å². The molecule has 0 aromatic rings. The van der Waals surface area contributed by atoms with Gasteiger partial charge >= 0.3 is 12.5 Å². The highest BCUT2D eigenvalue weighted by Gasteiger charge is 2.35. The molecule has 2 atom stereocenters. The van der Waals surface area contributed by atoms with Crippen LogP contribution in [0.5, 0.6) is 0 Å². The van der Waals surface area contributed by atoms with Gasteiger partial charge < -0.3 is 15.8 Å². The Morgan fingerprint density at radius 3 is 2.55 bits per heavy atom. The van der Waals surface area contributed by atoms with Crippen LogP contribution in [0, 0.1) is 5.92 Å².